The van der Waals surface area contributed by atoms with Crippen molar-refractivity contribution in [3.63, 3.8) is 0 Å². The highest BCUT2D eigenvalue weighted by molar-refractivity contribution is 5.80. The van der Waals surface area contributed by atoms with Crippen LogP contribution in [0.4, 0.5) is 8.78 Å². The molecule has 5 heteroatoms. The van der Waals surface area contributed by atoms with Crippen molar-refractivity contribution in [1.82, 2.24) is 10.6 Å². The van der Waals surface area contributed by atoms with E-state index in [0.717, 1.165) is 18.9 Å². The van der Waals surface area contributed by atoms with Crippen molar-refractivity contribution < 1.29 is 8.78 Å². The number of hydrogen-bond acceptors (Lipinski definition) is 1. The number of guanidine groups is 1. The van der Waals surface area contributed by atoms with Gasteiger partial charge in [-0.1, -0.05) is 24.3 Å². The topological polar surface area (TPSA) is 36.4 Å². The predicted molar refractivity (Wildman–Crippen MR) is 76.7 cm³/mol. The maximum Gasteiger partial charge on any atom is 0.191 e. The van der Waals surface area contributed by atoms with Gasteiger partial charge in [0.25, 0.3) is 0 Å². The zero-order valence-corrected chi connectivity index (χ0v) is 11.5. The Bertz CT molecular complexity index is 504. The normalized spacial score (nSPS) is 15.7. The molecule has 0 amide bonds. The average Bonchev–Trinajstić information content (AvgIpc) is 2.95. The van der Waals surface area contributed by atoms with Gasteiger partial charge in [0, 0.05) is 19.6 Å². The Morgan fingerprint density at radius 1 is 1.30 bits per heavy atom. The zero-order chi connectivity index (χ0) is 14.4. The zero-order valence-electron chi connectivity index (χ0n) is 11.5. The van der Waals surface area contributed by atoms with Crippen LogP contribution in [0, 0.1) is 11.6 Å². The lowest BCUT2D eigenvalue weighted by Crippen LogP contribution is -2.43. The van der Waals surface area contributed by atoms with E-state index in [1.54, 1.807) is 13.1 Å². The highest BCUT2D eigenvalue weighted by atomic mass is 19.2. The molecule has 0 heterocycles. The summed E-state index contributed by atoms with van der Waals surface area (Å²) >= 11 is 0. The number of aliphatic imine (C=N–C) groups is 1. The van der Waals surface area contributed by atoms with Crippen LogP contribution < -0.4 is 10.6 Å². The molecule has 3 nitrogen and oxygen atoms in total. The van der Waals surface area contributed by atoms with Crippen molar-refractivity contribution in [2.75, 3.05) is 13.6 Å². The molecule has 0 aromatic heterocycles. The summed E-state index contributed by atoms with van der Waals surface area (Å²) in [6.45, 7) is 0.500. The van der Waals surface area contributed by atoms with Crippen LogP contribution in [0.3, 0.4) is 0 Å². The molecule has 108 valence electrons. The van der Waals surface area contributed by atoms with Crippen molar-refractivity contribution in [2.45, 2.75) is 25.3 Å². The van der Waals surface area contributed by atoms with Gasteiger partial charge in [-0.3, -0.25) is 4.99 Å². The smallest absolute Gasteiger partial charge is 0.191 e. The van der Waals surface area contributed by atoms with E-state index in [-0.39, 0.29) is 0 Å². The first kappa shape index (κ1) is 14.5. The van der Waals surface area contributed by atoms with Gasteiger partial charge in [-0.2, -0.15) is 0 Å². The highest BCUT2D eigenvalue weighted by Crippen LogP contribution is 2.11. The fraction of sp³-hybridized carbons (Fsp3) is 0.400. The maximum atomic E-state index is 13.5. The highest BCUT2D eigenvalue weighted by Gasteiger charge is 2.12. The molecule has 0 saturated carbocycles. The van der Waals surface area contributed by atoms with E-state index in [2.05, 4.69) is 27.8 Å². The van der Waals surface area contributed by atoms with E-state index < -0.39 is 11.6 Å². The molecule has 0 atom stereocenters. The predicted octanol–water partition coefficient (Wildman–Crippen LogP) is 2.39. The Labute approximate surface area is 117 Å². The molecule has 2 rings (SSSR count). The Kier molecular flexibility index (Phi) is 5.09. The van der Waals surface area contributed by atoms with E-state index in [9.17, 15) is 8.78 Å². The molecule has 0 spiro atoms. The van der Waals surface area contributed by atoms with E-state index >= 15 is 0 Å². The fourth-order valence-corrected chi connectivity index (χ4v) is 2.18. The van der Waals surface area contributed by atoms with Crippen molar-refractivity contribution in [1.29, 1.82) is 0 Å². The third-order valence-electron chi connectivity index (χ3n) is 3.29. The summed E-state index contributed by atoms with van der Waals surface area (Å²) in [5, 5.41) is 6.40. The van der Waals surface area contributed by atoms with Gasteiger partial charge >= 0.3 is 0 Å². The van der Waals surface area contributed by atoms with Crippen molar-refractivity contribution >= 4 is 5.96 Å². The SMILES string of the molecule is CN=C(NCCc1cccc(F)c1F)NC1CC=CC1. The molecular formula is C15H19F2N3. The summed E-state index contributed by atoms with van der Waals surface area (Å²) in [6.07, 6.45) is 6.64. The van der Waals surface area contributed by atoms with Gasteiger partial charge in [-0.15, -0.1) is 0 Å². The maximum absolute atomic E-state index is 13.5. The van der Waals surface area contributed by atoms with Gasteiger partial charge in [-0.05, 0) is 30.9 Å². The lowest BCUT2D eigenvalue weighted by Gasteiger charge is -2.17. The lowest BCUT2D eigenvalue weighted by atomic mass is 10.1. The summed E-state index contributed by atoms with van der Waals surface area (Å²) in [5.74, 6) is -0.880. The van der Waals surface area contributed by atoms with E-state index in [1.165, 1.54) is 6.07 Å². The Morgan fingerprint density at radius 3 is 2.75 bits per heavy atom. The fourth-order valence-electron chi connectivity index (χ4n) is 2.18. The molecule has 20 heavy (non-hydrogen) atoms. The number of hydrogen-bond donors (Lipinski definition) is 2. The van der Waals surface area contributed by atoms with Crippen molar-refractivity contribution in [3.8, 4) is 0 Å². The Balaban J connectivity index is 1.80. The van der Waals surface area contributed by atoms with Gasteiger partial charge in [0.05, 0.1) is 0 Å². The molecule has 0 bridgehead atoms. The number of nitrogens with one attached hydrogen (secondary N) is 2. The van der Waals surface area contributed by atoms with Crippen LogP contribution in [-0.4, -0.2) is 25.6 Å². The van der Waals surface area contributed by atoms with Crippen LogP contribution in [0.5, 0.6) is 0 Å². The van der Waals surface area contributed by atoms with Crippen molar-refractivity contribution in [3.05, 3.63) is 47.5 Å². The minimum absolute atomic E-state index is 0.368. The minimum atomic E-state index is -0.804. The van der Waals surface area contributed by atoms with Gasteiger partial charge in [0.2, 0.25) is 0 Å². The quantitative estimate of drug-likeness (QED) is 0.504. The summed E-state index contributed by atoms with van der Waals surface area (Å²) in [4.78, 5) is 4.12. The summed E-state index contributed by atoms with van der Waals surface area (Å²) in [5.41, 5.74) is 0.371. The molecule has 2 N–H and O–H groups in total. The molecule has 1 aliphatic carbocycles. The summed E-state index contributed by atoms with van der Waals surface area (Å²) < 4.78 is 26.5. The largest absolute Gasteiger partial charge is 0.356 e. The molecule has 0 radical (unpaired) electrons. The third-order valence-corrected chi connectivity index (χ3v) is 3.29. The molecule has 1 aromatic rings. The molecule has 1 aliphatic rings. The van der Waals surface area contributed by atoms with Crippen LogP contribution in [0.15, 0.2) is 35.3 Å². The first-order chi connectivity index (χ1) is 9.70. The number of halogens is 2. The van der Waals surface area contributed by atoms with Crippen LogP contribution in [0.25, 0.3) is 0 Å². The molecule has 0 fully saturated rings. The molecule has 1 aromatic carbocycles. The van der Waals surface area contributed by atoms with Gasteiger partial charge in [0.15, 0.2) is 17.6 Å². The molecular weight excluding hydrogens is 260 g/mol. The van der Waals surface area contributed by atoms with Crippen LogP contribution in [0.2, 0.25) is 0 Å². The van der Waals surface area contributed by atoms with Gasteiger partial charge < -0.3 is 10.6 Å². The molecule has 0 saturated heterocycles. The molecule has 0 aliphatic heterocycles. The van der Waals surface area contributed by atoms with Gasteiger partial charge in [0.1, 0.15) is 0 Å². The summed E-state index contributed by atoms with van der Waals surface area (Å²) in [7, 11) is 1.69. The average molecular weight is 279 g/mol. The Morgan fingerprint density at radius 2 is 2.05 bits per heavy atom. The standard InChI is InChI=1S/C15H19F2N3/c1-18-15(20-12-6-2-3-7-12)19-10-9-11-5-4-8-13(16)14(11)17/h2-5,8,12H,6-7,9-10H2,1H3,(H2,18,19,20). The second-order valence-electron chi connectivity index (χ2n) is 4.75. The van der Waals surface area contributed by atoms with E-state index in [1.807, 2.05) is 0 Å². The number of rotatable bonds is 4. The number of nitrogens with zero attached hydrogens (tertiary/aromatic N) is 1. The van der Waals surface area contributed by atoms with E-state index in [4.69, 9.17) is 0 Å². The van der Waals surface area contributed by atoms with E-state index in [0.29, 0.717) is 30.5 Å². The lowest BCUT2D eigenvalue weighted by molar-refractivity contribution is 0.498. The number of benzene rings is 1. The monoisotopic (exact) mass is 279 g/mol. The third kappa shape index (κ3) is 3.79. The Hall–Kier alpha value is -1.91. The minimum Gasteiger partial charge on any atom is -0.356 e. The van der Waals surface area contributed by atoms with Crippen LogP contribution in [0.1, 0.15) is 18.4 Å². The molecule has 0 unspecified atom stereocenters. The second-order valence-corrected chi connectivity index (χ2v) is 4.75. The second kappa shape index (κ2) is 7.03. The van der Waals surface area contributed by atoms with Gasteiger partial charge in [-0.25, -0.2) is 8.78 Å². The van der Waals surface area contributed by atoms with Crippen LogP contribution in [-0.2, 0) is 6.42 Å². The van der Waals surface area contributed by atoms with Crippen molar-refractivity contribution in [2.24, 2.45) is 4.99 Å². The first-order valence-electron chi connectivity index (χ1n) is 6.75. The van der Waals surface area contributed by atoms with Crippen LogP contribution >= 0.6 is 0 Å². The first-order valence-corrected chi connectivity index (χ1v) is 6.75. The summed E-state index contributed by atoms with van der Waals surface area (Å²) in [6, 6.07) is 4.61.